The molecule has 2 aliphatic heterocycles. The first kappa shape index (κ1) is 24.1. The van der Waals surface area contributed by atoms with Crippen molar-refractivity contribution >= 4 is 40.4 Å². The number of alkyl halides is 2. The Bertz CT molecular complexity index is 1340. The van der Waals surface area contributed by atoms with Crippen LogP contribution in [0.25, 0.3) is 5.65 Å². The van der Waals surface area contributed by atoms with Gasteiger partial charge >= 0.3 is 0 Å². The van der Waals surface area contributed by atoms with Crippen molar-refractivity contribution < 1.29 is 13.5 Å². The lowest BCUT2D eigenvalue weighted by molar-refractivity contribution is -0.0111. The number of hydrogen-bond donors (Lipinski definition) is 3. The molecule has 10 nitrogen and oxygen atoms in total. The molecule has 194 valence electrons. The molecule has 0 unspecified atom stereocenters. The maximum atomic E-state index is 13.9. The quantitative estimate of drug-likeness (QED) is 0.400. The van der Waals surface area contributed by atoms with Gasteiger partial charge in [0.1, 0.15) is 6.07 Å². The number of halogens is 3. The molecule has 13 heteroatoms. The molecule has 2 saturated heterocycles. The summed E-state index contributed by atoms with van der Waals surface area (Å²) in [5.41, 5.74) is 1.33. The molecule has 6 rings (SSSR count). The summed E-state index contributed by atoms with van der Waals surface area (Å²) in [7, 11) is 0. The lowest BCUT2D eigenvalue weighted by Crippen LogP contribution is -2.53. The molecule has 1 aliphatic carbocycles. The number of nitriles is 1. The van der Waals surface area contributed by atoms with Crippen molar-refractivity contribution in [3.8, 4) is 6.07 Å². The molecule has 3 aliphatic rings. The lowest BCUT2D eigenvalue weighted by atomic mass is 10.0. The normalized spacial score (nSPS) is 18.7. The maximum absolute atomic E-state index is 13.9. The Labute approximate surface area is 217 Å². The average molecular weight is 530 g/mol. The molecule has 3 N–H and O–H groups in total. The molecule has 0 radical (unpaired) electrons. The number of nitrogens with zero attached hydrogens (tertiary/aromatic N) is 6. The second-order valence-corrected chi connectivity index (χ2v) is 10.1. The van der Waals surface area contributed by atoms with E-state index in [-0.39, 0.29) is 28.9 Å². The van der Waals surface area contributed by atoms with Gasteiger partial charge in [-0.2, -0.15) is 14.8 Å². The molecule has 3 aromatic rings. The van der Waals surface area contributed by atoms with E-state index >= 15 is 0 Å². The van der Waals surface area contributed by atoms with Crippen molar-refractivity contribution in [1.82, 2.24) is 24.9 Å². The van der Waals surface area contributed by atoms with Crippen LogP contribution in [0.15, 0.2) is 18.3 Å². The Balaban J connectivity index is 1.29. The van der Waals surface area contributed by atoms with E-state index in [1.54, 1.807) is 0 Å². The highest BCUT2D eigenvalue weighted by atomic mass is 35.5. The van der Waals surface area contributed by atoms with E-state index in [4.69, 9.17) is 16.3 Å². The molecule has 0 atom stereocenters. The number of imidazole rings is 1. The van der Waals surface area contributed by atoms with Crippen LogP contribution in [-0.4, -0.2) is 64.0 Å². The molecular weight excluding hydrogens is 504 g/mol. The van der Waals surface area contributed by atoms with Crippen LogP contribution in [-0.2, 0) is 4.74 Å². The Morgan fingerprint density at radius 3 is 2.54 bits per heavy atom. The van der Waals surface area contributed by atoms with Gasteiger partial charge in [0.05, 0.1) is 41.8 Å². The molecule has 1 saturated carbocycles. The molecule has 0 bridgehead atoms. The highest BCUT2D eigenvalue weighted by molar-refractivity contribution is 6.36. The number of hydrogen-bond acceptors (Lipinski definition) is 9. The van der Waals surface area contributed by atoms with E-state index in [1.807, 2.05) is 4.90 Å². The predicted molar refractivity (Wildman–Crippen MR) is 135 cm³/mol. The summed E-state index contributed by atoms with van der Waals surface area (Å²) >= 11 is 6.79. The van der Waals surface area contributed by atoms with Crippen molar-refractivity contribution in [3.05, 3.63) is 34.6 Å². The summed E-state index contributed by atoms with van der Waals surface area (Å²) in [4.78, 5) is 10.8. The van der Waals surface area contributed by atoms with E-state index < -0.39 is 6.43 Å². The minimum absolute atomic E-state index is 0.120. The van der Waals surface area contributed by atoms with Crippen LogP contribution in [0.4, 0.5) is 31.9 Å². The summed E-state index contributed by atoms with van der Waals surface area (Å²) in [5, 5.41) is 24.1. The summed E-state index contributed by atoms with van der Waals surface area (Å²) in [6.07, 6.45) is 2.52. The Morgan fingerprint density at radius 2 is 1.89 bits per heavy atom. The molecule has 4 heterocycles. The summed E-state index contributed by atoms with van der Waals surface area (Å²) in [6.45, 7) is 2.85. The van der Waals surface area contributed by atoms with Crippen LogP contribution < -0.4 is 20.9 Å². The van der Waals surface area contributed by atoms with Crippen molar-refractivity contribution in [3.63, 3.8) is 0 Å². The minimum Gasteiger partial charge on any atom is -0.378 e. The van der Waals surface area contributed by atoms with Crippen LogP contribution in [0.5, 0.6) is 0 Å². The van der Waals surface area contributed by atoms with Crippen LogP contribution in [0.1, 0.15) is 43.4 Å². The number of aromatic nitrogens is 4. The topological polar surface area (TPSA) is 115 Å². The number of fused-ring (bicyclic) bond motifs is 1. The Morgan fingerprint density at radius 1 is 1.11 bits per heavy atom. The van der Waals surface area contributed by atoms with Gasteiger partial charge in [0.25, 0.3) is 6.43 Å². The molecular formula is C24H26ClF2N9O. The van der Waals surface area contributed by atoms with Crippen molar-refractivity contribution in [2.24, 2.45) is 0 Å². The zero-order chi connectivity index (χ0) is 25.5. The van der Waals surface area contributed by atoms with Gasteiger partial charge in [-0.1, -0.05) is 11.6 Å². The molecule has 0 spiro atoms. The third-order valence-corrected chi connectivity index (χ3v) is 7.31. The van der Waals surface area contributed by atoms with E-state index in [9.17, 15) is 14.0 Å². The smallest absolute Gasteiger partial charge is 0.264 e. The highest BCUT2D eigenvalue weighted by Gasteiger charge is 2.28. The van der Waals surface area contributed by atoms with E-state index in [0.717, 1.165) is 38.9 Å². The standard InChI is InChI=1S/C24H26ClF2N9O/c25-20-18(32-24-33-22(31-14-1-2-14)23-29-10-17(9-28)36(23)34-24)7-13(21(26)27)8-19(20)35-5-3-15(4-6-35)30-16-11-37-12-16/h7-8,10,14-16,21,30H,1-6,11-12H2,(H2,31,32,33,34). The summed E-state index contributed by atoms with van der Waals surface area (Å²) in [6, 6.07) is 5.87. The SMILES string of the molecule is N#Cc1cnc2c(NC3CC3)nc(Nc3cc(C(F)F)cc(N4CCC(NC5COC5)CC4)c3Cl)nn12. The Kier molecular flexibility index (Phi) is 6.44. The van der Waals surface area contributed by atoms with Gasteiger partial charge in [0, 0.05) is 30.7 Å². The van der Waals surface area contributed by atoms with Gasteiger partial charge in [0.15, 0.2) is 17.2 Å². The third-order valence-electron chi connectivity index (χ3n) is 6.91. The van der Waals surface area contributed by atoms with Crippen LogP contribution in [0.2, 0.25) is 5.02 Å². The van der Waals surface area contributed by atoms with Gasteiger partial charge in [-0.15, -0.1) is 5.10 Å². The molecule has 1 aromatic carbocycles. The largest absolute Gasteiger partial charge is 0.378 e. The predicted octanol–water partition coefficient (Wildman–Crippen LogP) is 3.86. The number of benzene rings is 1. The van der Waals surface area contributed by atoms with Crippen molar-refractivity contribution in [1.29, 1.82) is 5.26 Å². The molecule has 0 amide bonds. The van der Waals surface area contributed by atoms with Gasteiger partial charge in [-0.25, -0.2) is 13.8 Å². The van der Waals surface area contributed by atoms with Crippen molar-refractivity contribution in [2.75, 3.05) is 41.8 Å². The number of nitrogens with one attached hydrogen (secondary N) is 3. The first-order valence-electron chi connectivity index (χ1n) is 12.4. The third kappa shape index (κ3) is 4.99. The van der Waals surface area contributed by atoms with Crippen molar-refractivity contribution in [2.45, 2.75) is 50.2 Å². The van der Waals surface area contributed by atoms with Gasteiger partial charge in [-0.3, -0.25) is 0 Å². The summed E-state index contributed by atoms with van der Waals surface area (Å²) in [5.74, 6) is 0.587. The molecule has 3 fully saturated rings. The fourth-order valence-corrected chi connectivity index (χ4v) is 4.96. The fourth-order valence-electron chi connectivity index (χ4n) is 4.68. The molecule has 37 heavy (non-hydrogen) atoms. The van der Waals surface area contributed by atoms with E-state index in [1.165, 1.54) is 22.8 Å². The minimum atomic E-state index is -2.68. The highest BCUT2D eigenvalue weighted by Crippen LogP contribution is 2.39. The maximum Gasteiger partial charge on any atom is 0.264 e. The number of ether oxygens (including phenoxy) is 1. The monoisotopic (exact) mass is 529 g/mol. The van der Waals surface area contributed by atoms with Crippen LogP contribution in [0, 0.1) is 11.3 Å². The fraction of sp³-hybridized carbons (Fsp3) is 0.500. The Hall–Kier alpha value is -3.27. The van der Waals surface area contributed by atoms with Gasteiger partial charge in [0.2, 0.25) is 5.95 Å². The second kappa shape index (κ2) is 9.89. The zero-order valence-electron chi connectivity index (χ0n) is 19.9. The first-order valence-corrected chi connectivity index (χ1v) is 12.8. The van der Waals surface area contributed by atoms with E-state index in [0.29, 0.717) is 47.3 Å². The first-order chi connectivity index (χ1) is 18.0. The average Bonchev–Trinajstić information content (AvgIpc) is 3.59. The van der Waals surface area contributed by atoms with Gasteiger partial charge < -0.3 is 25.6 Å². The lowest BCUT2D eigenvalue weighted by Gasteiger charge is -2.38. The zero-order valence-corrected chi connectivity index (χ0v) is 20.7. The number of rotatable bonds is 8. The number of anilines is 4. The van der Waals surface area contributed by atoms with Crippen LogP contribution in [0.3, 0.4) is 0 Å². The van der Waals surface area contributed by atoms with E-state index in [2.05, 4.69) is 37.1 Å². The van der Waals surface area contributed by atoms with Crippen LogP contribution >= 0.6 is 11.6 Å². The molecule has 2 aromatic heterocycles. The van der Waals surface area contributed by atoms with Gasteiger partial charge in [-0.05, 0) is 37.8 Å². The number of piperidine rings is 1. The summed E-state index contributed by atoms with van der Waals surface area (Å²) < 4.78 is 34.4. The second-order valence-electron chi connectivity index (χ2n) is 9.68.